The van der Waals surface area contributed by atoms with Gasteiger partial charge in [-0.3, -0.25) is 4.79 Å². The summed E-state index contributed by atoms with van der Waals surface area (Å²) in [5.41, 5.74) is 1.50. The van der Waals surface area contributed by atoms with E-state index in [0.29, 0.717) is 17.7 Å². The minimum absolute atomic E-state index is 0.330. The maximum Gasteiger partial charge on any atom is 0.223 e. The maximum absolute atomic E-state index is 12.1. The van der Waals surface area contributed by atoms with E-state index in [1.807, 2.05) is 0 Å². The Morgan fingerprint density at radius 3 is 3.00 bits per heavy atom. The van der Waals surface area contributed by atoms with E-state index >= 15 is 0 Å². The van der Waals surface area contributed by atoms with E-state index in [4.69, 9.17) is 0 Å². The third-order valence-electron chi connectivity index (χ3n) is 4.98. The first-order chi connectivity index (χ1) is 8.83. The third-order valence-corrected chi connectivity index (χ3v) is 4.98. The summed E-state index contributed by atoms with van der Waals surface area (Å²) >= 11 is 0. The molecule has 0 aromatic rings. The summed E-state index contributed by atoms with van der Waals surface area (Å²) in [4.78, 5) is 12.1. The van der Waals surface area contributed by atoms with E-state index in [-0.39, 0.29) is 0 Å². The molecule has 3 rings (SSSR count). The van der Waals surface area contributed by atoms with Crippen LogP contribution in [0.2, 0.25) is 0 Å². The highest BCUT2D eigenvalue weighted by molar-refractivity contribution is 5.79. The fraction of sp³-hybridized carbons (Fsp3) is 0.800. The molecule has 3 nitrogen and oxygen atoms in total. The molecule has 18 heavy (non-hydrogen) atoms. The molecule has 3 heteroatoms. The lowest BCUT2D eigenvalue weighted by Gasteiger charge is -2.21. The van der Waals surface area contributed by atoms with Gasteiger partial charge in [0.15, 0.2) is 0 Å². The maximum atomic E-state index is 12.1. The van der Waals surface area contributed by atoms with Crippen molar-refractivity contribution in [2.45, 2.75) is 38.5 Å². The summed E-state index contributed by atoms with van der Waals surface area (Å²) in [5, 5.41) is 6.47. The zero-order valence-corrected chi connectivity index (χ0v) is 11.1. The Morgan fingerprint density at radius 1 is 1.39 bits per heavy atom. The SMILES string of the molecule is O=C(NCCC1=CCNCC1)C1CC2CCC1C2. The summed E-state index contributed by atoms with van der Waals surface area (Å²) in [7, 11) is 0. The molecule has 2 bridgehead atoms. The van der Waals surface area contributed by atoms with Gasteiger partial charge in [-0.15, -0.1) is 0 Å². The first-order valence-corrected chi connectivity index (χ1v) is 7.49. The standard InChI is InChI=1S/C15H24N2O/c18-15(14-10-12-1-2-13(14)9-12)17-8-5-11-3-6-16-7-4-11/h3,12-14,16H,1-2,4-10H2,(H,17,18). The van der Waals surface area contributed by atoms with Crippen molar-refractivity contribution in [1.29, 1.82) is 0 Å². The Bertz CT molecular complexity index is 350. The molecular formula is C15H24N2O. The van der Waals surface area contributed by atoms with E-state index in [9.17, 15) is 4.79 Å². The van der Waals surface area contributed by atoms with Crippen molar-refractivity contribution >= 4 is 5.91 Å². The highest BCUT2D eigenvalue weighted by Crippen LogP contribution is 2.48. The van der Waals surface area contributed by atoms with Crippen molar-refractivity contribution in [2.24, 2.45) is 17.8 Å². The number of rotatable bonds is 4. The zero-order chi connectivity index (χ0) is 12.4. The number of carbonyl (C=O) groups is 1. The second-order valence-electron chi connectivity index (χ2n) is 6.14. The fourth-order valence-corrected chi connectivity index (χ4v) is 3.94. The van der Waals surface area contributed by atoms with Crippen LogP contribution < -0.4 is 10.6 Å². The van der Waals surface area contributed by atoms with Gasteiger partial charge in [-0.05, 0) is 50.5 Å². The third kappa shape index (κ3) is 2.61. The van der Waals surface area contributed by atoms with Crippen LogP contribution in [0.4, 0.5) is 0 Å². The molecule has 0 radical (unpaired) electrons. The summed E-state index contributed by atoms with van der Waals surface area (Å²) in [6.07, 6.45) is 9.58. The molecule has 1 heterocycles. The Morgan fingerprint density at radius 2 is 2.33 bits per heavy atom. The van der Waals surface area contributed by atoms with E-state index in [1.54, 1.807) is 0 Å². The van der Waals surface area contributed by atoms with Gasteiger partial charge in [0, 0.05) is 19.0 Å². The zero-order valence-electron chi connectivity index (χ0n) is 11.1. The lowest BCUT2D eigenvalue weighted by molar-refractivity contribution is -0.126. The van der Waals surface area contributed by atoms with Gasteiger partial charge in [0.25, 0.3) is 0 Å². The molecule has 1 aliphatic heterocycles. The van der Waals surface area contributed by atoms with E-state index in [1.165, 1.54) is 24.8 Å². The van der Waals surface area contributed by atoms with Gasteiger partial charge >= 0.3 is 0 Å². The highest BCUT2D eigenvalue weighted by Gasteiger charge is 2.42. The van der Waals surface area contributed by atoms with Crippen LogP contribution in [-0.4, -0.2) is 25.5 Å². The molecule has 2 N–H and O–H groups in total. The van der Waals surface area contributed by atoms with Crippen molar-refractivity contribution in [3.05, 3.63) is 11.6 Å². The van der Waals surface area contributed by atoms with E-state index < -0.39 is 0 Å². The molecular weight excluding hydrogens is 224 g/mol. The molecule has 3 atom stereocenters. The predicted molar refractivity (Wildman–Crippen MR) is 72.1 cm³/mol. The van der Waals surface area contributed by atoms with Crippen molar-refractivity contribution in [1.82, 2.24) is 10.6 Å². The lowest BCUT2D eigenvalue weighted by Crippen LogP contribution is -2.34. The molecule has 0 spiro atoms. The Kier molecular flexibility index (Phi) is 3.69. The Balaban J connectivity index is 1.40. The topological polar surface area (TPSA) is 41.1 Å². The minimum Gasteiger partial charge on any atom is -0.356 e. The van der Waals surface area contributed by atoms with E-state index in [2.05, 4.69) is 16.7 Å². The molecule has 2 aliphatic carbocycles. The number of hydrogen-bond acceptors (Lipinski definition) is 2. The summed E-state index contributed by atoms with van der Waals surface area (Å²) in [6.45, 7) is 2.92. The first kappa shape index (κ1) is 12.2. The fourth-order valence-electron chi connectivity index (χ4n) is 3.94. The predicted octanol–water partition coefficient (Wildman–Crippen LogP) is 1.85. The van der Waals surface area contributed by atoms with Gasteiger partial charge in [0.1, 0.15) is 0 Å². The second kappa shape index (κ2) is 5.43. The smallest absolute Gasteiger partial charge is 0.223 e. The van der Waals surface area contributed by atoms with Crippen molar-refractivity contribution in [3.63, 3.8) is 0 Å². The largest absolute Gasteiger partial charge is 0.356 e. The number of fused-ring (bicyclic) bond motifs is 2. The average molecular weight is 248 g/mol. The Hall–Kier alpha value is -0.830. The minimum atomic E-state index is 0.330. The highest BCUT2D eigenvalue weighted by atomic mass is 16.1. The number of amides is 1. The van der Waals surface area contributed by atoms with Gasteiger partial charge in [0.2, 0.25) is 5.91 Å². The van der Waals surface area contributed by atoms with Crippen LogP contribution in [0.15, 0.2) is 11.6 Å². The molecule has 100 valence electrons. The summed E-state index contributed by atoms with van der Waals surface area (Å²) in [6, 6.07) is 0. The van der Waals surface area contributed by atoms with E-state index in [0.717, 1.165) is 44.8 Å². The monoisotopic (exact) mass is 248 g/mol. The first-order valence-electron chi connectivity index (χ1n) is 7.49. The van der Waals surface area contributed by atoms with Crippen LogP contribution in [0, 0.1) is 17.8 Å². The van der Waals surface area contributed by atoms with Crippen molar-refractivity contribution in [2.75, 3.05) is 19.6 Å². The molecule has 1 amide bonds. The lowest BCUT2D eigenvalue weighted by atomic mass is 9.88. The van der Waals surface area contributed by atoms with Crippen LogP contribution in [0.25, 0.3) is 0 Å². The Labute approximate surface area is 109 Å². The number of nitrogens with one attached hydrogen (secondary N) is 2. The van der Waals surface area contributed by atoms with Gasteiger partial charge in [-0.25, -0.2) is 0 Å². The quantitative estimate of drug-likeness (QED) is 0.746. The average Bonchev–Trinajstić information content (AvgIpc) is 3.02. The molecule has 3 aliphatic rings. The molecule has 0 aromatic carbocycles. The van der Waals surface area contributed by atoms with Crippen LogP contribution in [0.1, 0.15) is 38.5 Å². The van der Waals surface area contributed by atoms with Crippen molar-refractivity contribution < 1.29 is 4.79 Å². The molecule has 0 aromatic heterocycles. The van der Waals surface area contributed by atoms with Crippen LogP contribution in [0.5, 0.6) is 0 Å². The van der Waals surface area contributed by atoms with Crippen LogP contribution in [0.3, 0.4) is 0 Å². The number of carbonyl (C=O) groups excluding carboxylic acids is 1. The van der Waals surface area contributed by atoms with Crippen molar-refractivity contribution in [3.8, 4) is 0 Å². The second-order valence-corrected chi connectivity index (χ2v) is 6.14. The number of hydrogen-bond donors (Lipinski definition) is 2. The molecule has 2 saturated carbocycles. The van der Waals surface area contributed by atoms with Crippen LogP contribution >= 0.6 is 0 Å². The molecule has 2 fully saturated rings. The summed E-state index contributed by atoms with van der Waals surface area (Å²) < 4.78 is 0. The molecule has 0 saturated heterocycles. The van der Waals surface area contributed by atoms with Crippen LogP contribution in [-0.2, 0) is 4.79 Å². The molecule has 3 unspecified atom stereocenters. The summed E-state index contributed by atoms with van der Waals surface area (Å²) in [5.74, 6) is 2.23. The van der Waals surface area contributed by atoms with Gasteiger partial charge in [-0.1, -0.05) is 18.1 Å². The van der Waals surface area contributed by atoms with Gasteiger partial charge in [-0.2, -0.15) is 0 Å². The van der Waals surface area contributed by atoms with Gasteiger partial charge in [0.05, 0.1) is 0 Å². The normalized spacial score (nSPS) is 34.4. The van der Waals surface area contributed by atoms with Gasteiger partial charge < -0.3 is 10.6 Å².